The number of ether oxygens (including phenoxy) is 2. The second kappa shape index (κ2) is 9.11. The van der Waals surface area contributed by atoms with E-state index >= 15 is 0 Å². The summed E-state index contributed by atoms with van der Waals surface area (Å²) in [6.45, 7) is 2.26. The summed E-state index contributed by atoms with van der Waals surface area (Å²) in [7, 11) is 1.67. The molecule has 8 heteroatoms. The maximum Gasteiger partial charge on any atom is 0.277 e. The van der Waals surface area contributed by atoms with Crippen LogP contribution < -0.4 is 9.47 Å². The van der Waals surface area contributed by atoms with Crippen molar-refractivity contribution < 1.29 is 13.9 Å². The Morgan fingerprint density at radius 3 is 2.86 bits per heavy atom. The lowest BCUT2D eigenvalue weighted by molar-refractivity contribution is 0.252. The van der Waals surface area contributed by atoms with Crippen LogP contribution in [0.3, 0.4) is 0 Å². The quantitative estimate of drug-likeness (QED) is 0.351. The third kappa shape index (κ3) is 4.96. The number of nitrogens with zero attached hydrogens (tertiary/aromatic N) is 3. The fourth-order valence-corrected chi connectivity index (χ4v) is 4.29. The Kier molecular flexibility index (Phi) is 6.12. The van der Waals surface area contributed by atoms with Gasteiger partial charge in [0, 0.05) is 11.1 Å². The summed E-state index contributed by atoms with van der Waals surface area (Å²) < 4.78 is 16.8. The second-order valence-electron chi connectivity index (χ2n) is 6.20. The number of hydrogen-bond acceptors (Lipinski definition) is 8. The number of aryl methyl sites for hydroxylation is 1. The summed E-state index contributed by atoms with van der Waals surface area (Å²) in [6, 6.07) is 15.7. The summed E-state index contributed by atoms with van der Waals surface area (Å²) in [5.74, 6) is 2.69. The number of rotatable bonds is 8. The molecule has 0 unspecified atom stereocenters. The molecule has 0 fully saturated rings. The van der Waals surface area contributed by atoms with Gasteiger partial charge in [-0.3, -0.25) is 0 Å². The molecule has 0 radical (unpaired) electrons. The maximum absolute atomic E-state index is 5.70. The van der Waals surface area contributed by atoms with Gasteiger partial charge >= 0.3 is 0 Å². The molecule has 0 aliphatic carbocycles. The molecule has 0 atom stereocenters. The zero-order valence-corrected chi connectivity index (χ0v) is 17.6. The number of para-hydroxylation sites is 1. The first-order valence-electron chi connectivity index (χ1n) is 8.93. The Hall–Kier alpha value is -2.84. The largest absolute Gasteiger partial charge is 0.496 e. The molecule has 4 aromatic rings. The molecule has 148 valence electrons. The molecular weight excluding hydrogens is 406 g/mol. The molecule has 0 aliphatic heterocycles. The lowest BCUT2D eigenvalue weighted by atomic mass is 10.2. The molecule has 0 saturated carbocycles. The third-order valence-electron chi connectivity index (χ3n) is 4.03. The van der Waals surface area contributed by atoms with Gasteiger partial charge in [-0.15, -0.1) is 21.5 Å². The van der Waals surface area contributed by atoms with Crippen LogP contribution >= 0.6 is 23.1 Å². The highest BCUT2D eigenvalue weighted by molar-refractivity contribution is 7.98. The minimum absolute atomic E-state index is 0.242. The van der Waals surface area contributed by atoms with Crippen LogP contribution in [0.1, 0.15) is 17.1 Å². The summed E-state index contributed by atoms with van der Waals surface area (Å²) in [5.41, 5.74) is 3.08. The summed E-state index contributed by atoms with van der Waals surface area (Å²) in [4.78, 5) is 4.70. The van der Waals surface area contributed by atoms with Crippen molar-refractivity contribution >= 4 is 23.1 Å². The molecular formula is C21H19N3O3S2. The van der Waals surface area contributed by atoms with Crippen LogP contribution in [0.2, 0.25) is 0 Å². The minimum Gasteiger partial charge on any atom is -0.496 e. The van der Waals surface area contributed by atoms with E-state index in [0.717, 1.165) is 33.3 Å². The van der Waals surface area contributed by atoms with Gasteiger partial charge in [-0.05, 0) is 36.8 Å². The van der Waals surface area contributed by atoms with E-state index in [1.807, 2.05) is 60.8 Å². The van der Waals surface area contributed by atoms with E-state index < -0.39 is 0 Å². The zero-order valence-electron chi connectivity index (χ0n) is 16.0. The van der Waals surface area contributed by atoms with Gasteiger partial charge in [-0.25, -0.2) is 4.98 Å². The van der Waals surface area contributed by atoms with Crippen LogP contribution in [-0.2, 0) is 12.4 Å². The van der Waals surface area contributed by atoms with E-state index in [1.54, 1.807) is 18.4 Å². The molecule has 2 heterocycles. The van der Waals surface area contributed by atoms with Gasteiger partial charge in [0.25, 0.3) is 11.1 Å². The van der Waals surface area contributed by atoms with Crippen LogP contribution in [0, 0.1) is 6.92 Å². The average Bonchev–Trinajstić information content (AvgIpc) is 3.40. The van der Waals surface area contributed by atoms with E-state index in [0.29, 0.717) is 16.9 Å². The van der Waals surface area contributed by atoms with Crippen molar-refractivity contribution in [3.63, 3.8) is 0 Å². The van der Waals surface area contributed by atoms with Crippen LogP contribution in [0.5, 0.6) is 11.5 Å². The van der Waals surface area contributed by atoms with Gasteiger partial charge in [0.2, 0.25) is 0 Å². The van der Waals surface area contributed by atoms with E-state index in [-0.39, 0.29) is 6.61 Å². The van der Waals surface area contributed by atoms with E-state index in [9.17, 15) is 0 Å². The van der Waals surface area contributed by atoms with Crippen molar-refractivity contribution in [2.45, 2.75) is 24.5 Å². The van der Waals surface area contributed by atoms with E-state index in [4.69, 9.17) is 18.9 Å². The first kappa shape index (κ1) is 19.5. The minimum atomic E-state index is 0.242. The van der Waals surface area contributed by atoms with Gasteiger partial charge in [-0.1, -0.05) is 36.0 Å². The SMILES string of the molecule is COc1ccccc1-c1nc(CSc2nnc(COc3cccc(C)c3)o2)cs1. The van der Waals surface area contributed by atoms with Gasteiger partial charge in [0.1, 0.15) is 16.5 Å². The monoisotopic (exact) mass is 425 g/mol. The molecule has 0 spiro atoms. The number of methoxy groups -OCH3 is 1. The van der Waals surface area contributed by atoms with Crippen LogP contribution in [0.25, 0.3) is 10.6 Å². The number of thiazole rings is 1. The molecule has 0 amide bonds. The van der Waals surface area contributed by atoms with E-state index in [1.165, 1.54) is 11.8 Å². The Morgan fingerprint density at radius 2 is 2.00 bits per heavy atom. The highest BCUT2D eigenvalue weighted by atomic mass is 32.2. The first-order chi connectivity index (χ1) is 14.2. The topological polar surface area (TPSA) is 70.3 Å². The van der Waals surface area contributed by atoms with Crippen LogP contribution in [0.15, 0.2) is 63.6 Å². The Labute approximate surface area is 176 Å². The number of hydrogen-bond donors (Lipinski definition) is 0. The highest BCUT2D eigenvalue weighted by Gasteiger charge is 2.12. The summed E-state index contributed by atoms with van der Waals surface area (Å²) in [5, 5.41) is 11.6. The smallest absolute Gasteiger partial charge is 0.277 e. The Bertz CT molecular complexity index is 1090. The van der Waals surface area contributed by atoms with Crippen LogP contribution in [-0.4, -0.2) is 22.3 Å². The molecule has 0 bridgehead atoms. The fraction of sp³-hybridized carbons (Fsp3) is 0.190. The zero-order chi connectivity index (χ0) is 20.1. The van der Waals surface area contributed by atoms with Crippen molar-refractivity contribution in [1.82, 2.24) is 15.2 Å². The molecule has 2 aromatic heterocycles. The van der Waals surface area contributed by atoms with Gasteiger partial charge in [0.15, 0.2) is 6.61 Å². The Morgan fingerprint density at radius 1 is 1.10 bits per heavy atom. The summed E-state index contributed by atoms with van der Waals surface area (Å²) >= 11 is 3.04. The third-order valence-corrected chi connectivity index (χ3v) is 5.81. The molecule has 29 heavy (non-hydrogen) atoms. The highest BCUT2D eigenvalue weighted by Crippen LogP contribution is 2.33. The Balaban J connectivity index is 1.34. The van der Waals surface area contributed by atoms with Crippen molar-refractivity contribution in [1.29, 1.82) is 0 Å². The normalized spacial score (nSPS) is 10.8. The number of thioether (sulfide) groups is 1. The molecule has 2 aromatic carbocycles. The summed E-state index contributed by atoms with van der Waals surface area (Å²) in [6.07, 6.45) is 0. The van der Waals surface area contributed by atoms with Crippen molar-refractivity contribution in [3.05, 3.63) is 71.1 Å². The lowest BCUT2D eigenvalue weighted by Crippen LogP contribution is -1.95. The van der Waals surface area contributed by atoms with Gasteiger partial charge in [-0.2, -0.15) is 0 Å². The lowest BCUT2D eigenvalue weighted by Gasteiger charge is -2.04. The molecule has 0 N–H and O–H groups in total. The maximum atomic E-state index is 5.70. The van der Waals surface area contributed by atoms with Crippen molar-refractivity contribution in [2.24, 2.45) is 0 Å². The molecule has 0 aliphatic rings. The predicted molar refractivity (Wildman–Crippen MR) is 113 cm³/mol. The molecule has 6 nitrogen and oxygen atoms in total. The first-order valence-corrected chi connectivity index (χ1v) is 10.8. The average molecular weight is 426 g/mol. The predicted octanol–water partition coefficient (Wildman–Crippen LogP) is 5.38. The van der Waals surface area contributed by atoms with Crippen molar-refractivity contribution in [2.75, 3.05) is 7.11 Å². The van der Waals surface area contributed by atoms with Crippen molar-refractivity contribution in [3.8, 4) is 22.1 Å². The molecule has 0 saturated heterocycles. The van der Waals surface area contributed by atoms with E-state index in [2.05, 4.69) is 10.2 Å². The fourth-order valence-electron chi connectivity index (χ4n) is 2.66. The second-order valence-corrected chi connectivity index (χ2v) is 7.98. The van der Waals surface area contributed by atoms with Gasteiger partial charge in [0.05, 0.1) is 18.4 Å². The standard InChI is InChI=1S/C21H19N3O3S2/c1-14-6-5-7-16(10-14)26-11-19-23-24-21(27-19)29-13-15-12-28-20(22-15)17-8-3-4-9-18(17)25-2/h3-10,12H,11,13H2,1-2H3. The number of benzene rings is 2. The van der Waals surface area contributed by atoms with Gasteiger partial charge < -0.3 is 13.9 Å². The van der Waals surface area contributed by atoms with Crippen LogP contribution in [0.4, 0.5) is 0 Å². The number of aromatic nitrogens is 3. The molecule has 4 rings (SSSR count).